The fourth-order valence-electron chi connectivity index (χ4n) is 2.63. The number of nitrogens with zero attached hydrogens (tertiary/aromatic N) is 6. The lowest BCUT2D eigenvalue weighted by atomic mass is 10.1. The van der Waals surface area contributed by atoms with Gasteiger partial charge in [-0.15, -0.1) is 11.3 Å². The summed E-state index contributed by atoms with van der Waals surface area (Å²) in [5, 5.41) is 22.0. The van der Waals surface area contributed by atoms with E-state index in [4.69, 9.17) is 0 Å². The summed E-state index contributed by atoms with van der Waals surface area (Å²) < 4.78 is 2.67. The molecule has 0 amide bonds. The van der Waals surface area contributed by atoms with Crippen molar-refractivity contribution in [3.63, 3.8) is 0 Å². The maximum Gasteiger partial charge on any atom is 0.269 e. The van der Waals surface area contributed by atoms with E-state index in [1.165, 1.54) is 29.8 Å². The molecule has 0 saturated carbocycles. The number of anilines is 1. The molecular formula is C19H14BrN7O2S. The number of halogens is 1. The Morgan fingerprint density at radius 3 is 2.63 bits per heavy atom. The van der Waals surface area contributed by atoms with Crippen molar-refractivity contribution in [3.05, 3.63) is 86.7 Å². The van der Waals surface area contributed by atoms with E-state index in [-0.39, 0.29) is 5.69 Å². The van der Waals surface area contributed by atoms with E-state index in [0.717, 1.165) is 21.3 Å². The molecule has 0 radical (unpaired) electrons. The van der Waals surface area contributed by atoms with E-state index < -0.39 is 4.92 Å². The van der Waals surface area contributed by atoms with Crippen molar-refractivity contribution < 1.29 is 4.92 Å². The van der Waals surface area contributed by atoms with Crippen molar-refractivity contribution in [2.75, 3.05) is 5.43 Å². The van der Waals surface area contributed by atoms with Crippen molar-refractivity contribution in [3.8, 4) is 11.3 Å². The summed E-state index contributed by atoms with van der Waals surface area (Å²) in [4.78, 5) is 18.9. The molecule has 0 saturated heterocycles. The number of nitro groups is 1. The molecule has 0 spiro atoms. The van der Waals surface area contributed by atoms with Gasteiger partial charge in [0, 0.05) is 27.5 Å². The number of thiazole rings is 1. The number of hydrogen-bond donors (Lipinski definition) is 1. The first-order valence-electron chi connectivity index (χ1n) is 8.70. The maximum absolute atomic E-state index is 10.8. The van der Waals surface area contributed by atoms with Crippen LogP contribution in [0.1, 0.15) is 5.56 Å². The van der Waals surface area contributed by atoms with Gasteiger partial charge in [0.05, 0.1) is 22.9 Å². The third kappa shape index (κ3) is 4.75. The molecule has 0 bridgehead atoms. The first kappa shape index (κ1) is 19.9. The van der Waals surface area contributed by atoms with E-state index in [1.807, 2.05) is 29.6 Å². The Kier molecular flexibility index (Phi) is 5.91. The fraction of sp³-hybridized carbons (Fsp3) is 0.0526. The van der Waals surface area contributed by atoms with Crippen LogP contribution in [0.2, 0.25) is 0 Å². The summed E-state index contributed by atoms with van der Waals surface area (Å²) in [6.07, 6.45) is 3.11. The van der Waals surface area contributed by atoms with Crippen LogP contribution in [-0.4, -0.2) is 30.4 Å². The minimum atomic E-state index is -0.425. The first-order valence-corrected chi connectivity index (χ1v) is 10.4. The Hall–Kier alpha value is -3.44. The fourth-order valence-corrected chi connectivity index (χ4v) is 3.55. The summed E-state index contributed by atoms with van der Waals surface area (Å²) in [7, 11) is 0. The number of hydrazone groups is 1. The van der Waals surface area contributed by atoms with Crippen LogP contribution >= 0.6 is 27.3 Å². The number of nitrogens with one attached hydrogen (secondary N) is 1. The van der Waals surface area contributed by atoms with E-state index in [2.05, 4.69) is 41.5 Å². The lowest BCUT2D eigenvalue weighted by Crippen LogP contribution is -2.14. The van der Waals surface area contributed by atoms with Crippen molar-refractivity contribution in [2.45, 2.75) is 6.54 Å². The van der Waals surface area contributed by atoms with Gasteiger partial charge in [0.2, 0.25) is 5.13 Å². The molecule has 9 nitrogen and oxygen atoms in total. The van der Waals surface area contributed by atoms with Crippen molar-refractivity contribution in [2.24, 2.45) is 5.10 Å². The van der Waals surface area contributed by atoms with E-state index in [9.17, 15) is 10.1 Å². The van der Waals surface area contributed by atoms with E-state index in [1.54, 1.807) is 23.1 Å². The summed E-state index contributed by atoms with van der Waals surface area (Å²) in [6.45, 7) is 0.440. The molecule has 1 N–H and O–H groups in total. The van der Waals surface area contributed by atoms with Crippen LogP contribution < -0.4 is 5.43 Å². The summed E-state index contributed by atoms with van der Waals surface area (Å²) in [5.74, 6) is 0. The van der Waals surface area contributed by atoms with Gasteiger partial charge in [0.1, 0.15) is 12.7 Å². The smallest absolute Gasteiger partial charge is 0.258 e. The highest BCUT2D eigenvalue weighted by molar-refractivity contribution is 9.10. The van der Waals surface area contributed by atoms with Gasteiger partial charge in [-0.05, 0) is 29.8 Å². The molecule has 2 aromatic heterocycles. The number of rotatable bonds is 7. The number of non-ortho nitro benzene ring substituents is 1. The summed E-state index contributed by atoms with van der Waals surface area (Å²) >= 11 is 4.84. The molecule has 2 heterocycles. The molecule has 0 aliphatic heterocycles. The molecule has 4 rings (SSSR count). The van der Waals surface area contributed by atoms with Gasteiger partial charge in [0.15, 0.2) is 0 Å². The Labute approximate surface area is 183 Å². The molecular weight excluding hydrogens is 470 g/mol. The quantitative estimate of drug-likeness (QED) is 0.233. The maximum atomic E-state index is 10.8. The predicted octanol–water partition coefficient (Wildman–Crippen LogP) is 4.59. The molecule has 0 aliphatic carbocycles. The second kappa shape index (κ2) is 8.93. The predicted molar refractivity (Wildman–Crippen MR) is 119 cm³/mol. The van der Waals surface area contributed by atoms with Crippen LogP contribution in [0.4, 0.5) is 10.8 Å². The van der Waals surface area contributed by atoms with Crippen molar-refractivity contribution in [1.29, 1.82) is 0 Å². The zero-order valence-corrected chi connectivity index (χ0v) is 17.7. The second-order valence-corrected chi connectivity index (χ2v) is 7.89. The lowest BCUT2D eigenvalue weighted by molar-refractivity contribution is -0.384. The molecule has 0 unspecified atom stereocenters. The van der Waals surface area contributed by atoms with Crippen LogP contribution in [0.3, 0.4) is 0 Å². The second-order valence-electron chi connectivity index (χ2n) is 6.11. The van der Waals surface area contributed by atoms with Crippen molar-refractivity contribution >= 4 is 43.8 Å². The summed E-state index contributed by atoms with van der Waals surface area (Å²) in [5.41, 5.74) is 6.26. The van der Waals surface area contributed by atoms with Crippen LogP contribution in [0.15, 0.2) is 76.1 Å². The van der Waals surface area contributed by atoms with E-state index in [0.29, 0.717) is 17.4 Å². The average Bonchev–Trinajstić information content (AvgIpc) is 3.44. The average molecular weight is 484 g/mol. The normalized spacial score (nSPS) is 11.4. The van der Waals surface area contributed by atoms with Gasteiger partial charge >= 0.3 is 0 Å². The van der Waals surface area contributed by atoms with Gasteiger partial charge in [-0.2, -0.15) is 10.2 Å². The molecule has 2 aromatic carbocycles. The SMILES string of the molecule is O=[N+]([O-])c1ccc(-c2csc(N/N=C(/Cn3cncn3)c3ccc(Br)cc3)n2)cc1. The van der Waals surface area contributed by atoms with Crippen LogP contribution in [0, 0.1) is 10.1 Å². The molecule has 30 heavy (non-hydrogen) atoms. The molecule has 0 aliphatic rings. The Balaban J connectivity index is 1.55. The molecule has 0 fully saturated rings. The zero-order chi connectivity index (χ0) is 20.9. The lowest BCUT2D eigenvalue weighted by Gasteiger charge is -2.07. The van der Waals surface area contributed by atoms with Crippen LogP contribution in [-0.2, 0) is 6.54 Å². The Morgan fingerprint density at radius 1 is 1.20 bits per heavy atom. The van der Waals surface area contributed by atoms with Gasteiger partial charge in [-0.25, -0.2) is 14.6 Å². The van der Waals surface area contributed by atoms with Gasteiger partial charge in [0.25, 0.3) is 5.69 Å². The monoisotopic (exact) mass is 483 g/mol. The van der Waals surface area contributed by atoms with Gasteiger partial charge < -0.3 is 0 Å². The minimum absolute atomic E-state index is 0.0455. The molecule has 11 heteroatoms. The Bertz CT molecular complexity index is 1170. The Morgan fingerprint density at radius 2 is 1.97 bits per heavy atom. The number of nitro benzene ring substituents is 1. The third-order valence-corrected chi connectivity index (χ3v) is 5.40. The highest BCUT2D eigenvalue weighted by Gasteiger charge is 2.10. The standard InChI is InChI=1S/C19H14BrN7O2S/c20-15-5-1-13(2-6-15)17(9-26-12-21-11-22-26)24-25-19-23-18(10-30-19)14-3-7-16(8-4-14)27(28)29/h1-8,10-12H,9H2,(H,23,25)/b24-17-. The van der Waals surface area contributed by atoms with Gasteiger partial charge in [-0.3, -0.25) is 15.5 Å². The zero-order valence-electron chi connectivity index (χ0n) is 15.3. The first-order chi connectivity index (χ1) is 14.6. The molecule has 0 atom stereocenters. The van der Waals surface area contributed by atoms with Gasteiger partial charge in [-0.1, -0.05) is 28.1 Å². The topological polar surface area (TPSA) is 111 Å². The summed E-state index contributed by atoms with van der Waals surface area (Å²) in [6, 6.07) is 14.1. The largest absolute Gasteiger partial charge is 0.269 e. The van der Waals surface area contributed by atoms with Crippen LogP contribution in [0.5, 0.6) is 0 Å². The number of aromatic nitrogens is 4. The van der Waals surface area contributed by atoms with Crippen LogP contribution in [0.25, 0.3) is 11.3 Å². The highest BCUT2D eigenvalue weighted by Crippen LogP contribution is 2.26. The highest BCUT2D eigenvalue weighted by atomic mass is 79.9. The molecule has 150 valence electrons. The van der Waals surface area contributed by atoms with Crippen molar-refractivity contribution in [1.82, 2.24) is 19.7 Å². The number of benzene rings is 2. The number of hydrogen-bond acceptors (Lipinski definition) is 8. The third-order valence-electron chi connectivity index (χ3n) is 4.12. The molecule has 4 aromatic rings. The van der Waals surface area contributed by atoms with E-state index >= 15 is 0 Å². The minimum Gasteiger partial charge on any atom is -0.258 e.